The lowest BCUT2D eigenvalue weighted by molar-refractivity contribution is -0.144. The maximum Gasteiger partial charge on any atom is 0.326 e. The third-order valence-corrected chi connectivity index (χ3v) is 3.70. The van der Waals surface area contributed by atoms with Gasteiger partial charge in [0.15, 0.2) is 0 Å². The molecule has 5 amide bonds. The number of primary amides is 2. The number of aliphatic hydroxyl groups is 2. The van der Waals surface area contributed by atoms with Gasteiger partial charge in [0.2, 0.25) is 29.5 Å². The molecule has 0 saturated heterocycles. The summed E-state index contributed by atoms with van der Waals surface area (Å²) in [4.78, 5) is 69.6. The highest BCUT2D eigenvalue weighted by molar-refractivity contribution is 5.96. The zero-order valence-electron chi connectivity index (χ0n) is 16.0. The second kappa shape index (κ2) is 12.3. The van der Waals surface area contributed by atoms with Crippen molar-refractivity contribution in [1.29, 1.82) is 0 Å². The summed E-state index contributed by atoms with van der Waals surface area (Å²) in [6, 6.07) is -6.46. The van der Waals surface area contributed by atoms with Gasteiger partial charge in [-0.25, -0.2) is 4.79 Å². The molecule has 5 unspecified atom stereocenters. The number of aliphatic carboxylic acids is 1. The van der Waals surface area contributed by atoms with Gasteiger partial charge in [0.25, 0.3) is 0 Å². The van der Waals surface area contributed by atoms with Crippen LogP contribution in [0.3, 0.4) is 0 Å². The maximum atomic E-state index is 12.4. The fraction of sp³-hybridized carbons (Fsp3) is 0.600. The van der Waals surface area contributed by atoms with E-state index in [1.807, 2.05) is 10.6 Å². The van der Waals surface area contributed by atoms with E-state index in [0.717, 1.165) is 0 Å². The number of nitrogens with one attached hydrogen (secondary N) is 3. The Morgan fingerprint density at radius 3 is 1.60 bits per heavy atom. The number of carboxylic acid groups (broad SMARTS) is 1. The Balaban J connectivity index is 5.29. The van der Waals surface area contributed by atoms with Gasteiger partial charge in [0.1, 0.15) is 24.2 Å². The van der Waals surface area contributed by atoms with E-state index in [9.17, 15) is 39.0 Å². The maximum absolute atomic E-state index is 12.4. The van der Waals surface area contributed by atoms with Crippen molar-refractivity contribution in [3.63, 3.8) is 0 Å². The summed E-state index contributed by atoms with van der Waals surface area (Å²) in [7, 11) is 0. The van der Waals surface area contributed by atoms with Crippen molar-refractivity contribution < 1.29 is 44.1 Å². The highest BCUT2D eigenvalue weighted by Gasteiger charge is 2.31. The molecule has 0 aromatic rings. The molecule has 0 bridgehead atoms. The van der Waals surface area contributed by atoms with Crippen molar-refractivity contribution in [3.05, 3.63) is 0 Å². The Hall–Kier alpha value is -3.30. The number of hydrogen-bond acceptors (Lipinski definition) is 9. The molecule has 0 aliphatic rings. The predicted molar refractivity (Wildman–Crippen MR) is 97.8 cm³/mol. The molecule has 0 fully saturated rings. The molecule has 15 nitrogen and oxygen atoms in total. The van der Waals surface area contributed by atoms with E-state index >= 15 is 0 Å². The number of aliphatic hydroxyl groups excluding tert-OH is 2. The van der Waals surface area contributed by atoms with E-state index in [1.165, 1.54) is 6.92 Å². The summed E-state index contributed by atoms with van der Waals surface area (Å²) in [6.45, 7) is 0.218. The van der Waals surface area contributed by atoms with Crippen molar-refractivity contribution in [3.8, 4) is 0 Å². The van der Waals surface area contributed by atoms with Crippen molar-refractivity contribution in [2.24, 2.45) is 17.2 Å². The Bertz CT molecular complexity index is 684. The lowest BCUT2D eigenvalue weighted by Gasteiger charge is -2.24. The molecule has 0 heterocycles. The van der Waals surface area contributed by atoms with Gasteiger partial charge in [-0.15, -0.1) is 0 Å². The number of rotatable bonds is 13. The number of carboxylic acids is 1. The molecule has 30 heavy (non-hydrogen) atoms. The quantitative estimate of drug-likeness (QED) is 0.132. The smallest absolute Gasteiger partial charge is 0.326 e. The first-order valence-corrected chi connectivity index (χ1v) is 8.55. The average Bonchev–Trinajstić information content (AvgIpc) is 2.62. The molecule has 0 aliphatic carbocycles. The molecule has 5 atom stereocenters. The van der Waals surface area contributed by atoms with E-state index in [-0.39, 0.29) is 0 Å². The molecule has 0 radical (unpaired) electrons. The molecular weight excluding hydrogens is 408 g/mol. The van der Waals surface area contributed by atoms with E-state index in [0.29, 0.717) is 0 Å². The van der Waals surface area contributed by atoms with Crippen molar-refractivity contribution in [1.82, 2.24) is 16.0 Å². The number of nitrogens with two attached hydrogens (primary N) is 3. The van der Waals surface area contributed by atoms with Crippen molar-refractivity contribution in [2.75, 3.05) is 6.61 Å². The molecule has 15 heteroatoms. The minimum atomic E-state index is -1.72. The first kappa shape index (κ1) is 26.7. The summed E-state index contributed by atoms with van der Waals surface area (Å²) in [6.07, 6.45) is -2.73. The van der Waals surface area contributed by atoms with Gasteiger partial charge < -0.3 is 48.5 Å². The van der Waals surface area contributed by atoms with Gasteiger partial charge in [-0.2, -0.15) is 0 Å². The Kier molecular flexibility index (Phi) is 10.9. The van der Waals surface area contributed by atoms with Gasteiger partial charge in [-0.1, -0.05) is 0 Å². The van der Waals surface area contributed by atoms with Gasteiger partial charge >= 0.3 is 5.97 Å². The summed E-state index contributed by atoms with van der Waals surface area (Å²) in [5, 5.41) is 33.6. The first-order chi connectivity index (χ1) is 13.8. The summed E-state index contributed by atoms with van der Waals surface area (Å²) < 4.78 is 0. The van der Waals surface area contributed by atoms with Crippen LogP contribution in [0, 0.1) is 0 Å². The van der Waals surface area contributed by atoms with Crippen LogP contribution < -0.4 is 33.2 Å². The summed E-state index contributed by atoms with van der Waals surface area (Å²) in [5.41, 5.74) is 15.3. The van der Waals surface area contributed by atoms with Crippen LogP contribution in [0.5, 0.6) is 0 Å². The van der Waals surface area contributed by atoms with Crippen LogP contribution >= 0.6 is 0 Å². The second-order valence-corrected chi connectivity index (χ2v) is 6.31. The zero-order chi connectivity index (χ0) is 23.6. The minimum absolute atomic E-state index is 0.705. The highest BCUT2D eigenvalue weighted by atomic mass is 16.4. The van der Waals surface area contributed by atoms with E-state index in [4.69, 9.17) is 22.3 Å². The van der Waals surface area contributed by atoms with E-state index < -0.39 is 85.2 Å². The molecule has 170 valence electrons. The van der Waals surface area contributed by atoms with E-state index in [2.05, 4.69) is 5.32 Å². The van der Waals surface area contributed by atoms with Gasteiger partial charge in [0, 0.05) is 0 Å². The second-order valence-electron chi connectivity index (χ2n) is 6.31. The monoisotopic (exact) mass is 434 g/mol. The van der Waals surface area contributed by atoms with Crippen LogP contribution in [0.4, 0.5) is 0 Å². The van der Waals surface area contributed by atoms with Crippen molar-refractivity contribution >= 4 is 35.5 Å². The van der Waals surface area contributed by atoms with Gasteiger partial charge in [0.05, 0.1) is 25.6 Å². The molecule has 0 aromatic carbocycles. The molecular formula is C15H26N6O9. The summed E-state index contributed by atoms with van der Waals surface area (Å²) >= 11 is 0. The van der Waals surface area contributed by atoms with Gasteiger partial charge in [-0.3, -0.25) is 24.0 Å². The third kappa shape index (κ3) is 9.26. The SMILES string of the molecule is CC(O)C(N)C(=O)NC(CC(N)=O)C(=O)NC(CO)C(=O)NC(CC(N)=O)C(=O)O. The first-order valence-electron chi connectivity index (χ1n) is 8.55. The van der Waals surface area contributed by atoms with Crippen molar-refractivity contribution in [2.45, 2.75) is 50.0 Å². The third-order valence-electron chi connectivity index (χ3n) is 3.70. The molecule has 0 saturated carbocycles. The number of hydrogen-bond donors (Lipinski definition) is 9. The largest absolute Gasteiger partial charge is 0.480 e. The Labute approximate surface area is 170 Å². The Morgan fingerprint density at radius 1 is 0.800 bits per heavy atom. The van der Waals surface area contributed by atoms with Gasteiger partial charge in [-0.05, 0) is 6.92 Å². The van der Waals surface area contributed by atoms with Crippen LogP contribution in [0.1, 0.15) is 19.8 Å². The molecule has 0 aliphatic heterocycles. The highest BCUT2D eigenvalue weighted by Crippen LogP contribution is 1.99. The lowest BCUT2D eigenvalue weighted by atomic mass is 10.1. The molecule has 12 N–H and O–H groups in total. The predicted octanol–water partition coefficient (Wildman–Crippen LogP) is -6.02. The molecule has 0 aromatic heterocycles. The zero-order valence-corrected chi connectivity index (χ0v) is 16.0. The van der Waals surface area contributed by atoms with Crippen LogP contribution in [-0.2, 0) is 28.8 Å². The number of amides is 5. The Morgan fingerprint density at radius 2 is 1.20 bits per heavy atom. The normalized spacial score (nSPS) is 15.6. The number of carbonyl (C=O) groups excluding carboxylic acids is 5. The topological polar surface area (TPSA) is 277 Å². The van der Waals surface area contributed by atoms with Crippen LogP contribution in [0.2, 0.25) is 0 Å². The minimum Gasteiger partial charge on any atom is -0.480 e. The fourth-order valence-electron chi connectivity index (χ4n) is 2.04. The molecule has 0 spiro atoms. The van der Waals surface area contributed by atoms with Crippen LogP contribution in [0.15, 0.2) is 0 Å². The standard InChI is InChI=1S/C15H26N6O9/c1-5(23)11(18)14(28)19-6(2-9(16)24)12(26)21-8(4-22)13(27)20-7(15(29)30)3-10(17)25/h5-8,11,22-23H,2-4,18H2,1H3,(H2,16,24)(H2,17,25)(H,19,28)(H,20,27)(H,21,26)(H,29,30). The molecule has 0 rings (SSSR count). The average molecular weight is 434 g/mol. The van der Waals surface area contributed by atoms with Crippen LogP contribution in [0.25, 0.3) is 0 Å². The lowest BCUT2D eigenvalue weighted by Crippen LogP contribution is -2.59. The fourth-order valence-corrected chi connectivity index (χ4v) is 2.04. The van der Waals surface area contributed by atoms with E-state index in [1.54, 1.807) is 0 Å². The summed E-state index contributed by atoms with van der Waals surface area (Å²) in [5.74, 6) is -6.91. The van der Waals surface area contributed by atoms with Crippen LogP contribution in [-0.4, -0.2) is 87.7 Å². The number of carbonyl (C=O) groups is 6.